The van der Waals surface area contributed by atoms with Gasteiger partial charge in [0.2, 0.25) is 6.79 Å². The second-order valence-corrected chi connectivity index (χ2v) is 4.57. The molecule has 8 heteroatoms. The van der Waals surface area contributed by atoms with Crippen LogP contribution in [0.5, 0.6) is 17.2 Å². The molecule has 0 atom stereocenters. The lowest BCUT2D eigenvalue weighted by Gasteiger charge is -2.18. The number of nitrogens with zero attached hydrogens (tertiary/aromatic N) is 1. The molecule has 21 heavy (non-hydrogen) atoms. The number of halogens is 2. The number of carboxylic acid groups (broad SMARTS) is 1. The first-order chi connectivity index (χ1) is 9.95. The fourth-order valence-corrected chi connectivity index (χ4v) is 1.95. The van der Waals surface area contributed by atoms with Crippen molar-refractivity contribution >= 4 is 5.97 Å². The molecule has 1 aliphatic heterocycles. The monoisotopic (exact) mass is 303 g/mol. The van der Waals surface area contributed by atoms with Gasteiger partial charge >= 0.3 is 12.6 Å². The van der Waals surface area contributed by atoms with Gasteiger partial charge in [-0.05, 0) is 13.1 Å². The Bertz CT molecular complexity index is 524. The fourth-order valence-electron chi connectivity index (χ4n) is 1.95. The number of benzene rings is 1. The van der Waals surface area contributed by atoms with Crippen molar-refractivity contribution in [2.24, 2.45) is 0 Å². The normalized spacial score (nSPS) is 13.0. The zero-order chi connectivity index (χ0) is 15.4. The summed E-state index contributed by atoms with van der Waals surface area (Å²) in [5.41, 5.74) is 0.479. The summed E-state index contributed by atoms with van der Waals surface area (Å²) < 4.78 is 39.7. The van der Waals surface area contributed by atoms with E-state index in [-0.39, 0.29) is 32.1 Å². The molecule has 1 N–H and O–H groups in total. The van der Waals surface area contributed by atoms with Crippen LogP contribution >= 0.6 is 0 Å². The van der Waals surface area contributed by atoms with Crippen LogP contribution in [0.25, 0.3) is 0 Å². The van der Waals surface area contributed by atoms with Crippen molar-refractivity contribution in [2.45, 2.75) is 19.6 Å². The Balaban J connectivity index is 2.14. The van der Waals surface area contributed by atoms with Gasteiger partial charge in [0, 0.05) is 24.7 Å². The second-order valence-electron chi connectivity index (χ2n) is 4.57. The lowest BCUT2D eigenvalue weighted by atomic mass is 10.1. The average Bonchev–Trinajstić information content (AvgIpc) is 2.83. The number of alkyl halides is 2. The lowest BCUT2D eigenvalue weighted by molar-refractivity contribution is -0.137. The molecule has 0 spiro atoms. The largest absolute Gasteiger partial charge is 0.481 e. The van der Waals surface area contributed by atoms with Crippen LogP contribution in [0.15, 0.2) is 12.1 Å². The van der Waals surface area contributed by atoms with Crippen molar-refractivity contribution in [3.8, 4) is 17.2 Å². The minimum Gasteiger partial charge on any atom is -0.481 e. The molecule has 6 nitrogen and oxygen atoms in total. The quantitative estimate of drug-likeness (QED) is 0.830. The van der Waals surface area contributed by atoms with Crippen molar-refractivity contribution in [3.05, 3.63) is 17.7 Å². The Kier molecular flexibility index (Phi) is 4.79. The van der Waals surface area contributed by atoms with Crippen molar-refractivity contribution in [3.63, 3.8) is 0 Å². The molecule has 1 aliphatic rings. The lowest BCUT2D eigenvalue weighted by Crippen LogP contribution is -2.22. The van der Waals surface area contributed by atoms with E-state index in [1.807, 2.05) is 0 Å². The van der Waals surface area contributed by atoms with Crippen LogP contribution in [0, 0.1) is 0 Å². The predicted octanol–water partition coefficient (Wildman–Crippen LogP) is 1.92. The maximum Gasteiger partial charge on any atom is 0.387 e. The molecule has 0 fully saturated rings. The van der Waals surface area contributed by atoms with Crippen LogP contribution in [0.1, 0.15) is 12.0 Å². The fraction of sp³-hybridized carbons (Fsp3) is 0.462. The molecular weight excluding hydrogens is 288 g/mol. The summed E-state index contributed by atoms with van der Waals surface area (Å²) in [7, 11) is 1.69. The highest BCUT2D eigenvalue weighted by Crippen LogP contribution is 2.39. The molecule has 0 saturated heterocycles. The highest BCUT2D eigenvalue weighted by molar-refractivity contribution is 5.66. The van der Waals surface area contributed by atoms with Gasteiger partial charge < -0.3 is 24.2 Å². The van der Waals surface area contributed by atoms with Crippen LogP contribution in [0.3, 0.4) is 0 Å². The maximum atomic E-state index is 12.5. The number of fused-ring (bicyclic) bond motifs is 1. The minimum atomic E-state index is -2.95. The summed E-state index contributed by atoms with van der Waals surface area (Å²) in [6.07, 6.45) is -0.0356. The zero-order valence-electron chi connectivity index (χ0n) is 11.3. The van der Waals surface area contributed by atoms with E-state index in [1.165, 1.54) is 6.07 Å². The van der Waals surface area contributed by atoms with E-state index in [4.69, 9.17) is 14.6 Å². The Morgan fingerprint density at radius 3 is 2.71 bits per heavy atom. The first-order valence-corrected chi connectivity index (χ1v) is 6.23. The molecule has 1 heterocycles. The van der Waals surface area contributed by atoms with Crippen LogP contribution in [0.4, 0.5) is 8.78 Å². The molecule has 0 saturated carbocycles. The van der Waals surface area contributed by atoms with Gasteiger partial charge in [0.05, 0.1) is 6.42 Å². The standard InChI is InChI=1S/C13H15F2NO5/c1-16(3-2-12(17)18)6-8-4-10-11(20-7-19-10)5-9(8)21-13(14)15/h4-5,13H,2-3,6-7H2,1H3,(H,17,18). The van der Waals surface area contributed by atoms with Gasteiger partial charge in [-0.3, -0.25) is 4.79 Å². The van der Waals surface area contributed by atoms with Crippen LogP contribution < -0.4 is 14.2 Å². The molecule has 0 unspecified atom stereocenters. The maximum absolute atomic E-state index is 12.5. The Hall–Kier alpha value is -2.09. The summed E-state index contributed by atoms with van der Waals surface area (Å²) in [5, 5.41) is 8.64. The van der Waals surface area contributed by atoms with E-state index in [0.717, 1.165) is 0 Å². The van der Waals surface area contributed by atoms with Gasteiger partial charge in [-0.25, -0.2) is 0 Å². The number of aliphatic carboxylic acids is 1. The molecule has 0 bridgehead atoms. The van der Waals surface area contributed by atoms with Crippen LogP contribution in [-0.4, -0.2) is 43.0 Å². The molecule has 0 amide bonds. The van der Waals surface area contributed by atoms with E-state index in [9.17, 15) is 13.6 Å². The first kappa shape index (κ1) is 15.3. The average molecular weight is 303 g/mol. The highest BCUT2D eigenvalue weighted by atomic mass is 19.3. The summed E-state index contributed by atoms with van der Waals surface area (Å²) in [4.78, 5) is 12.2. The Labute approximate surface area is 119 Å². The molecule has 1 aromatic rings. The zero-order valence-corrected chi connectivity index (χ0v) is 11.3. The topological polar surface area (TPSA) is 68.2 Å². The number of carbonyl (C=O) groups is 1. The second kappa shape index (κ2) is 6.57. The van der Waals surface area contributed by atoms with E-state index < -0.39 is 12.6 Å². The third-order valence-electron chi connectivity index (χ3n) is 2.92. The summed E-state index contributed by atoms with van der Waals surface area (Å²) in [6, 6.07) is 2.92. The predicted molar refractivity (Wildman–Crippen MR) is 67.8 cm³/mol. The molecule has 0 aromatic heterocycles. The van der Waals surface area contributed by atoms with E-state index in [1.54, 1.807) is 18.0 Å². The number of ether oxygens (including phenoxy) is 3. The Morgan fingerprint density at radius 2 is 2.10 bits per heavy atom. The summed E-state index contributed by atoms with van der Waals surface area (Å²) >= 11 is 0. The number of carboxylic acids is 1. The smallest absolute Gasteiger partial charge is 0.387 e. The SMILES string of the molecule is CN(CCC(=O)O)Cc1cc2c(cc1OC(F)F)OCO2. The number of rotatable bonds is 7. The van der Waals surface area contributed by atoms with Crippen LogP contribution in [0.2, 0.25) is 0 Å². The van der Waals surface area contributed by atoms with Gasteiger partial charge in [0.25, 0.3) is 0 Å². The van der Waals surface area contributed by atoms with Gasteiger partial charge in [0.1, 0.15) is 5.75 Å². The van der Waals surface area contributed by atoms with Crippen molar-refractivity contribution < 1.29 is 32.9 Å². The van der Waals surface area contributed by atoms with Gasteiger partial charge in [-0.15, -0.1) is 0 Å². The van der Waals surface area contributed by atoms with Gasteiger partial charge in [0.15, 0.2) is 11.5 Å². The highest BCUT2D eigenvalue weighted by Gasteiger charge is 2.20. The summed E-state index contributed by atoms with van der Waals surface area (Å²) in [6.45, 7) is -2.38. The summed E-state index contributed by atoms with van der Waals surface area (Å²) in [5.74, 6) is -0.117. The van der Waals surface area contributed by atoms with Gasteiger partial charge in [-0.1, -0.05) is 0 Å². The molecular formula is C13H15F2NO5. The molecule has 1 aromatic carbocycles. The van der Waals surface area contributed by atoms with Crippen molar-refractivity contribution in [1.29, 1.82) is 0 Å². The third kappa shape index (κ3) is 4.19. The molecule has 0 aliphatic carbocycles. The van der Waals surface area contributed by atoms with E-state index >= 15 is 0 Å². The molecule has 116 valence electrons. The van der Waals surface area contributed by atoms with Crippen molar-refractivity contribution in [2.75, 3.05) is 20.4 Å². The number of hydrogen-bond donors (Lipinski definition) is 1. The first-order valence-electron chi connectivity index (χ1n) is 6.23. The molecule has 0 radical (unpaired) electrons. The van der Waals surface area contributed by atoms with Gasteiger partial charge in [-0.2, -0.15) is 8.78 Å². The van der Waals surface area contributed by atoms with Crippen molar-refractivity contribution in [1.82, 2.24) is 4.90 Å². The van der Waals surface area contributed by atoms with E-state index in [0.29, 0.717) is 17.1 Å². The third-order valence-corrected chi connectivity index (χ3v) is 2.92. The number of hydrogen-bond acceptors (Lipinski definition) is 5. The van der Waals surface area contributed by atoms with Crippen LogP contribution in [-0.2, 0) is 11.3 Å². The Morgan fingerprint density at radius 1 is 1.43 bits per heavy atom. The minimum absolute atomic E-state index is 0.00331. The molecule has 2 rings (SSSR count). The van der Waals surface area contributed by atoms with E-state index in [2.05, 4.69) is 4.74 Å².